The number of carboxylic acid groups (broad SMARTS) is 1. The first-order valence-electron chi connectivity index (χ1n) is 49.8. The molecule has 0 fully saturated rings. The molecule has 30 nitrogen and oxygen atoms in total. The van der Waals surface area contributed by atoms with Crippen molar-refractivity contribution in [3.8, 4) is 45.0 Å². The molecule has 10 aromatic carbocycles. The molecule has 32 heteroatoms. The Morgan fingerprint density at radius 1 is 0.360 bits per heavy atom. The predicted octanol–water partition coefficient (Wildman–Crippen LogP) is 19.9. The van der Waals surface area contributed by atoms with E-state index in [1.807, 2.05) is 49.9 Å². The van der Waals surface area contributed by atoms with E-state index in [-0.39, 0.29) is 19.0 Å². The standard InChI is InChI=1S/C35H29N5.C23H23N9O.C22H17IN2.C18H17N5O2.C16H15N5.C4H4IN/c1-4-14-29(15-5-1)35(30-16-6-2-7-17-30,31-18-8-3-9-19-31)40-24-33(38-25-40)28-22-36-34(37-23-28)39-32-20-26-12-10-11-13-27(26)21-32;33-22(32-6-5-19-21(12-32)29-30-28-19)13-31-11-20(26-14-31)17-9-24-23(25-10-17)27-18-7-15-3-1-2-4-16(15)8-18;23-21-16-25(17-24-21)22(18-10-4-1-5-11-18,19-12-6-2-7-13-19)20-14-8-3-9-15-20;24-17(25)10-23-9-16(21-11-23)14-7-19-18(20-8-14)22-15-5-12-3-1-2-4-13(12)6-15;1-2-4-12-6-14(5-11(12)3-1)21-16-18-7-13(8-19-16)15-9-17-10-20-15;5-4-2-1-3-6-4/h1-19,22-25,32H,20-21H2,(H,36,37,39);1-4,9-11,14,18H,5-8,12-13H2,(H,24,25,27)(H,28,29,30);1-17H;1-4,7-9,11,15H,5-6,10H2,(H,24,25)(H,19,20,22);1-4,7-10,14H,5-6H2,(H,17,20)(H,18,19,21);2-3H,1H2. The number of rotatable bonds is 24. The first-order valence-corrected chi connectivity index (χ1v) is 51.9. The number of hydrogen-bond acceptors (Lipinski definition) is 22. The Kier molecular flexibility index (Phi) is 30.7. The molecular formula is C118H105I2N27O3. The normalized spacial score (nSPS) is 13.8. The summed E-state index contributed by atoms with van der Waals surface area (Å²) in [6.07, 6.45) is 46.1. The van der Waals surface area contributed by atoms with E-state index in [9.17, 15) is 9.59 Å². The molecule has 0 bridgehead atoms. The smallest absolute Gasteiger partial charge is 0.323 e. The molecular weight excluding hydrogens is 2100 g/mol. The Balaban J connectivity index is 0.000000110. The average Bonchev–Trinajstić information content (AvgIpc) is 1.07. The summed E-state index contributed by atoms with van der Waals surface area (Å²) < 4.78 is 9.83. The van der Waals surface area contributed by atoms with Gasteiger partial charge in [-0.15, -0.1) is 0 Å². The molecule has 150 heavy (non-hydrogen) atoms. The number of benzene rings is 10. The van der Waals surface area contributed by atoms with Crippen molar-refractivity contribution in [1.29, 1.82) is 0 Å². The summed E-state index contributed by atoms with van der Waals surface area (Å²) in [5.41, 5.74) is 25.5. The molecule has 0 radical (unpaired) electrons. The SMILES string of the molecule is IC1=CCC=N1.Ic1cn(C(c2ccccc2)(c2ccccc2)c2ccccc2)cn1.O=C(Cn1cnc(-c2cnc(NC3Cc4ccccc4C3)nc2)c1)N1CCc2n[nH]nc2C1.O=C(O)Cn1cnc(-c2cnc(NC3Cc4ccccc4C3)nc2)c1.c1ccc(C(c2ccccc2)(c2ccccc2)n2cnc(-c3cnc(NC4Cc5ccccc5C4)nc3)c2)cc1.c1ccc2c(c1)CC(Nc1ncc(-c3cnc[nH]3)cn1)C2. The number of nitrogens with zero attached hydrogens (tertiary/aromatic N) is 21. The lowest BCUT2D eigenvalue weighted by Crippen LogP contribution is -2.37. The second-order valence-corrected chi connectivity index (χ2v) is 39.4. The van der Waals surface area contributed by atoms with Gasteiger partial charge in [-0.05, 0) is 181 Å². The maximum absolute atomic E-state index is 12.7. The number of aliphatic carboxylic acids is 1. The van der Waals surface area contributed by atoms with Crippen LogP contribution in [0.4, 0.5) is 23.8 Å². The number of aliphatic imine (C=N–C) groups is 1. The van der Waals surface area contributed by atoms with E-state index < -0.39 is 17.0 Å². The Morgan fingerprint density at radius 3 is 0.993 bits per heavy atom. The molecule has 744 valence electrons. The number of carbonyl (C=O) groups excluding carboxylic acids is 1. The highest BCUT2D eigenvalue weighted by molar-refractivity contribution is 14.1. The van der Waals surface area contributed by atoms with Crippen LogP contribution in [-0.4, -0.2) is 162 Å². The number of imidazole rings is 5. The number of hydrogen-bond donors (Lipinski definition) is 7. The maximum Gasteiger partial charge on any atom is 0.323 e. The third-order valence-corrected chi connectivity index (χ3v) is 28.7. The molecule has 0 atom stereocenters. The van der Waals surface area contributed by atoms with Gasteiger partial charge in [0.25, 0.3) is 0 Å². The summed E-state index contributed by atoms with van der Waals surface area (Å²) >= 11 is 4.46. The van der Waals surface area contributed by atoms with Gasteiger partial charge in [-0.2, -0.15) is 15.4 Å². The van der Waals surface area contributed by atoms with Gasteiger partial charge in [0.15, 0.2) is 0 Å². The van der Waals surface area contributed by atoms with Gasteiger partial charge in [-0.1, -0.05) is 279 Å². The Morgan fingerprint density at radius 2 is 0.680 bits per heavy atom. The fraction of sp³-hybridized carbons (Fsp3) is 0.169. The lowest BCUT2D eigenvalue weighted by Gasteiger charge is -2.37. The fourth-order valence-corrected chi connectivity index (χ4v) is 21.2. The zero-order valence-corrected chi connectivity index (χ0v) is 86.0. The maximum atomic E-state index is 12.7. The number of H-pyrrole nitrogens is 2. The molecule has 4 aliphatic carbocycles. The van der Waals surface area contributed by atoms with Crippen LogP contribution < -0.4 is 21.3 Å². The van der Waals surface area contributed by atoms with Gasteiger partial charge in [0.05, 0.1) is 76.6 Å². The van der Waals surface area contributed by atoms with Gasteiger partial charge >= 0.3 is 5.97 Å². The monoisotopic (exact) mass is 2200 g/mol. The molecule has 2 aliphatic heterocycles. The van der Waals surface area contributed by atoms with E-state index in [1.165, 1.54) is 72.1 Å². The number of anilines is 4. The largest absolute Gasteiger partial charge is 0.480 e. The van der Waals surface area contributed by atoms with E-state index in [0.717, 1.165) is 139 Å². The lowest BCUT2D eigenvalue weighted by atomic mass is 9.77. The molecule has 0 spiro atoms. The van der Waals surface area contributed by atoms with Gasteiger partial charge < -0.3 is 54.5 Å². The molecule has 10 aromatic heterocycles. The molecule has 0 unspecified atom stereocenters. The van der Waals surface area contributed by atoms with E-state index in [1.54, 1.807) is 59.3 Å². The lowest BCUT2D eigenvalue weighted by molar-refractivity contribution is -0.137. The second kappa shape index (κ2) is 46.6. The summed E-state index contributed by atoms with van der Waals surface area (Å²) in [7, 11) is 0. The van der Waals surface area contributed by atoms with Gasteiger partial charge in [-0.25, -0.2) is 64.8 Å². The number of carboxylic acids is 1. The summed E-state index contributed by atoms with van der Waals surface area (Å²) in [6, 6.07) is 99.2. The molecule has 26 rings (SSSR count). The van der Waals surface area contributed by atoms with Crippen LogP contribution in [0.2, 0.25) is 0 Å². The number of carbonyl (C=O) groups is 2. The van der Waals surface area contributed by atoms with E-state index in [4.69, 9.17) is 10.1 Å². The van der Waals surface area contributed by atoms with Crippen LogP contribution in [0.15, 0.2) is 406 Å². The van der Waals surface area contributed by atoms with Crippen LogP contribution in [0.1, 0.15) is 95.7 Å². The quantitative estimate of drug-likeness (QED) is 0.0168. The van der Waals surface area contributed by atoms with Gasteiger partial charge in [0.1, 0.15) is 33.6 Å². The Bertz CT molecular complexity index is 7660. The zero-order valence-electron chi connectivity index (χ0n) is 81.7. The van der Waals surface area contributed by atoms with E-state index in [2.05, 4.69) is 458 Å². The third kappa shape index (κ3) is 23.2. The first-order chi connectivity index (χ1) is 73.8. The van der Waals surface area contributed by atoms with Crippen LogP contribution in [0, 0.1) is 3.70 Å². The van der Waals surface area contributed by atoms with Crippen LogP contribution >= 0.6 is 45.2 Å². The highest BCUT2D eigenvalue weighted by Crippen LogP contribution is 2.44. The summed E-state index contributed by atoms with van der Waals surface area (Å²) in [6.45, 7) is 1.24. The average molecular weight is 2200 g/mol. The van der Waals surface area contributed by atoms with Crippen molar-refractivity contribution in [1.82, 2.24) is 108 Å². The zero-order chi connectivity index (χ0) is 102. The minimum Gasteiger partial charge on any atom is -0.480 e. The van der Waals surface area contributed by atoms with Crippen LogP contribution in [0.5, 0.6) is 0 Å². The molecule has 20 aromatic rings. The van der Waals surface area contributed by atoms with Crippen molar-refractivity contribution in [2.45, 2.75) is 119 Å². The summed E-state index contributed by atoms with van der Waals surface area (Å²) in [5, 5.41) is 33.4. The highest BCUT2D eigenvalue weighted by atomic mass is 127. The molecule has 12 heterocycles. The van der Waals surface area contributed by atoms with Crippen molar-refractivity contribution < 1.29 is 14.7 Å². The minimum absolute atomic E-state index is 0.0287. The number of halogens is 2. The minimum atomic E-state index is -0.905. The molecule has 0 saturated heterocycles. The van der Waals surface area contributed by atoms with Gasteiger partial charge in [0, 0.05) is 146 Å². The second-order valence-electron chi connectivity index (χ2n) is 37.2. The molecule has 7 N–H and O–H groups in total. The number of allylic oxidation sites excluding steroid dienone is 1. The third-order valence-electron chi connectivity index (χ3n) is 27.4. The van der Waals surface area contributed by atoms with Gasteiger partial charge in [0.2, 0.25) is 29.7 Å². The predicted molar refractivity (Wildman–Crippen MR) is 597 cm³/mol. The van der Waals surface area contributed by atoms with Gasteiger partial charge in [-0.3, -0.25) is 14.6 Å². The van der Waals surface area contributed by atoms with Crippen LogP contribution in [0.3, 0.4) is 0 Å². The topological polar surface area (TPSA) is 363 Å². The Hall–Kier alpha value is -17.3. The number of nitrogens with one attached hydrogen (secondary N) is 6. The van der Waals surface area contributed by atoms with Crippen molar-refractivity contribution in [3.63, 3.8) is 0 Å². The van der Waals surface area contributed by atoms with Crippen LogP contribution in [-0.2, 0) is 98.1 Å². The van der Waals surface area contributed by atoms with Crippen molar-refractivity contribution in [3.05, 3.63) is 494 Å². The number of aromatic nitrogens is 21. The molecule has 6 aliphatic rings. The van der Waals surface area contributed by atoms with Crippen LogP contribution in [0.25, 0.3) is 45.0 Å². The summed E-state index contributed by atoms with van der Waals surface area (Å²) in [5.74, 6) is 1.65. The summed E-state index contributed by atoms with van der Waals surface area (Å²) in [4.78, 5) is 90.0. The molecule has 1 amide bonds. The molecule has 0 saturated carbocycles. The number of aromatic amines is 2. The number of amides is 1. The van der Waals surface area contributed by atoms with E-state index in [0.29, 0.717) is 66.7 Å². The van der Waals surface area contributed by atoms with Crippen molar-refractivity contribution in [2.24, 2.45) is 4.99 Å². The highest BCUT2D eigenvalue weighted by Gasteiger charge is 2.41. The van der Waals surface area contributed by atoms with Crippen molar-refractivity contribution in [2.75, 3.05) is 27.8 Å². The Labute approximate surface area is 894 Å². The van der Waals surface area contributed by atoms with Crippen molar-refractivity contribution >= 4 is 87.1 Å². The fourth-order valence-electron chi connectivity index (χ4n) is 20.3. The first kappa shape index (κ1) is 98.7. The van der Waals surface area contributed by atoms with E-state index >= 15 is 0 Å². The number of fused-ring (bicyclic) bond motifs is 5.